The van der Waals surface area contributed by atoms with Gasteiger partial charge in [0.15, 0.2) is 22.5 Å². The van der Waals surface area contributed by atoms with Crippen molar-refractivity contribution in [3.8, 4) is 0 Å². The maximum absolute atomic E-state index is 10.4. The highest BCUT2D eigenvalue weighted by atomic mass is 16.4. The SMILES string of the molecule is [2H]c1c([2H])/c(=C2\C=CC(/C(N)=N/O)=CN2)o/c1=C1/C=CC(C(=N)N=O)=CN1. The quantitative estimate of drug-likeness (QED) is 0.169. The molecule has 1 aromatic heterocycles. The Hall–Kier alpha value is -3.88. The van der Waals surface area contributed by atoms with Gasteiger partial charge in [0.05, 0.1) is 14.1 Å². The molecular formula is C16H14N6O3. The van der Waals surface area contributed by atoms with Crippen molar-refractivity contribution in [1.82, 2.24) is 10.6 Å². The van der Waals surface area contributed by atoms with Crippen LogP contribution in [-0.2, 0) is 0 Å². The first kappa shape index (κ1) is 13.5. The molecule has 0 radical (unpaired) electrons. The number of furan rings is 1. The zero-order chi connectivity index (χ0) is 19.6. The number of nitrogens with two attached hydrogens (primary N) is 1. The highest BCUT2D eigenvalue weighted by Crippen LogP contribution is 2.09. The lowest BCUT2D eigenvalue weighted by Crippen LogP contribution is -2.22. The van der Waals surface area contributed by atoms with Gasteiger partial charge in [0.2, 0.25) is 0 Å². The minimum absolute atomic E-state index is 0.0738. The molecule has 2 aliphatic rings. The van der Waals surface area contributed by atoms with E-state index in [4.69, 9.17) is 23.5 Å². The number of dihydropyridines is 2. The van der Waals surface area contributed by atoms with Crippen LogP contribution in [0.1, 0.15) is 2.74 Å². The minimum Gasteiger partial charge on any atom is -0.453 e. The molecule has 3 heterocycles. The van der Waals surface area contributed by atoms with Crippen LogP contribution in [0.4, 0.5) is 0 Å². The Bertz CT molecular complexity index is 1040. The third kappa shape index (κ3) is 3.24. The lowest BCUT2D eigenvalue weighted by atomic mass is 10.2. The van der Waals surface area contributed by atoms with Gasteiger partial charge in [-0.3, -0.25) is 5.41 Å². The Morgan fingerprint density at radius 2 is 1.68 bits per heavy atom. The number of hydrogen-bond acceptors (Lipinski definition) is 7. The molecule has 0 atom stereocenters. The van der Waals surface area contributed by atoms with Crippen molar-refractivity contribution in [3.63, 3.8) is 0 Å². The van der Waals surface area contributed by atoms with Gasteiger partial charge < -0.3 is 26.0 Å². The molecular weight excluding hydrogens is 324 g/mol. The summed E-state index contributed by atoms with van der Waals surface area (Å²) in [5.74, 6) is -0.499. The van der Waals surface area contributed by atoms with Gasteiger partial charge in [-0.15, -0.1) is 4.91 Å². The summed E-state index contributed by atoms with van der Waals surface area (Å²) >= 11 is 0. The third-order valence-corrected chi connectivity index (χ3v) is 3.38. The fourth-order valence-corrected chi connectivity index (χ4v) is 2.06. The number of oxime groups is 1. The standard InChI is InChI=1S/C16H14N6O3/c17-15(21-23)9-1-3-11(19-7-9)13-5-6-14(25-13)12-4-2-10(8-20-12)16(18)22-24/h1-8,17,19-20,24H,(H2,18,22)/b13-11-,14-12-,17-15?/i5D,6D. The second kappa shape index (κ2) is 6.71. The molecule has 0 unspecified atom stereocenters. The van der Waals surface area contributed by atoms with Gasteiger partial charge in [-0.25, -0.2) is 0 Å². The van der Waals surface area contributed by atoms with Gasteiger partial charge in [0, 0.05) is 23.5 Å². The molecule has 3 rings (SSSR count). The number of hydrogen-bond donors (Lipinski definition) is 5. The van der Waals surface area contributed by atoms with Crippen LogP contribution in [0.25, 0.3) is 11.4 Å². The molecule has 126 valence electrons. The average Bonchev–Trinajstić information content (AvgIpc) is 3.02. The second-order valence-electron chi connectivity index (χ2n) is 4.92. The number of nitroso groups, excluding NO2 is 1. The largest absolute Gasteiger partial charge is 0.453 e. The van der Waals surface area contributed by atoms with E-state index in [0.717, 1.165) is 0 Å². The Morgan fingerprint density at radius 3 is 2.12 bits per heavy atom. The predicted octanol–water partition coefficient (Wildman–Crippen LogP) is 0.0727. The predicted molar refractivity (Wildman–Crippen MR) is 92.4 cm³/mol. The lowest BCUT2D eigenvalue weighted by Gasteiger charge is -2.09. The van der Waals surface area contributed by atoms with Crippen molar-refractivity contribution in [2.45, 2.75) is 0 Å². The fourth-order valence-electron chi connectivity index (χ4n) is 2.06. The molecule has 0 fully saturated rings. The summed E-state index contributed by atoms with van der Waals surface area (Å²) in [6.45, 7) is 0. The average molecular weight is 340 g/mol. The fraction of sp³-hybridized carbons (Fsp3) is 0. The van der Waals surface area contributed by atoms with E-state index in [2.05, 4.69) is 21.0 Å². The summed E-state index contributed by atoms with van der Waals surface area (Å²) in [5, 5.41) is 27.2. The van der Waals surface area contributed by atoms with Gasteiger partial charge in [0.25, 0.3) is 0 Å². The Morgan fingerprint density at radius 1 is 1.12 bits per heavy atom. The third-order valence-electron chi connectivity index (χ3n) is 3.38. The molecule has 0 spiro atoms. The first-order chi connectivity index (χ1) is 13.0. The van der Waals surface area contributed by atoms with E-state index >= 15 is 0 Å². The molecule has 9 heteroatoms. The van der Waals surface area contributed by atoms with Crippen LogP contribution >= 0.6 is 0 Å². The van der Waals surface area contributed by atoms with E-state index in [1.54, 1.807) is 12.2 Å². The molecule has 2 aliphatic heterocycles. The minimum atomic E-state index is -0.425. The molecule has 0 amide bonds. The van der Waals surface area contributed by atoms with E-state index in [1.165, 1.54) is 24.6 Å². The van der Waals surface area contributed by atoms with Crippen LogP contribution in [0.15, 0.2) is 74.7 Å². The van der Waals surface area contributed by atoms with Crippen molar-refractivity contribution >= 4 is 23.1 Å². The van der Waals surface area contributed by atoms with Crippen LogP contribution in [0.2, 0.25) is 0 Å². The Labute approximate surface area is 144 Å². The topological polar surface area (TPSA) is 149 Å². The van der Waals surface area contributed by atoms with Gasteiger partial charge in [-0.2, -0.15) is 0 Å². The highest BCUT2D eigenvalue weighted by Gasteiger charge is 2.09. The van der Waals surface area contributed by atoms with E-state index < -0.39 is 5.84 Å². The first-order valence-corrected chi connectivity index (χ1v) is 7.00. The van der Waals surface area contributed by atoms with Crippen LogP contribution in [0.5, 0.6) is 0 Å². The van der Waals surface area contributed by atoms with Crippen LogP contribution < -0.4 is 27.2 Å². The van der Waals surface area contributed by atoms with Gasteiger partial charge in [-0.05, 0) is 41.6 Å². The van der Waals surface area contributed by atoms with Crippen molar-refractivity contribution in [3.05, 3.63) is 75.7 Å². The van der Waals surface area contributed by atoms with Gasteiger partial charge >= 0.3 is 0 Å². The second-order valence-corrected chi connectivity index (χ2v) is 4.92. The van der Waals surface area contributed by atoms with Crippen molar-refractivity contribution in [2.75, 3.05) is 0 Å². The molecule has 6 N–H and O–H groups in total. The van der Waals surface area contributed by atoms with Crippen LogP contribution in [-0.4, -0.2) is 16.9 Å². The lowest BCUT2D eigenvalue weighted by molar-refractivity contribution is 0.318. The summed E-state index contributed by atoms with van der Waals surface area (Å²) < 4.78 is 21.9. The molecule has 0 aliphatic carbocycles. The van der Waals surface area contributed by atoms with Crippen LogP contribution in [0.3, 0.4) is 0 Å². The number of rotatable bonds is 2. The van der Waals surface area contributed by atoms with E-state index in [9.17, 15) is 4.91 Å². The Balaban J connectivity index is 2.03. The van der Waals surface area contributed by atoms with Crippen molar-refractivity contribution in [2.24, 2.45) is 16.1 Å². The summed E-state index contributed by atoms with van der Waals surface area (Å²) in [4.78, 5) is 10.4. The Kier molecular flexibility index (Phi) is 3.63. The van der Waals surface area contributed by atoms with E-state index in [1.807, 2.05) is 0 Å². The molecule has 0 aromatic carbocycles. The van der Waals surface area contributed by atoms with Gasteiger partial charge in [-0.1, -0.05) is 5.16 Å². The highest BCUT2D eigenvalue weighted by molar-refractivity contribution is 6.00. The van der Waals surface area contributed by atoms with Crippen molar-refractivity contribution < 1.29 is 12.4 Å². The zero-order valence-electron chi connectivity index (χ0n) is 14.7. The van der Waals surface area contributed by atoms with Crippen LogP contribution in [0, 0.1) is 10.3 Å². The molecule has 0 bridgehead atoms. The van der Waals surface area contributed by atoms with E-state index in [0.29, 0.717) is 17.0 Å². The zero-order valence-corrected chi connectivity index (χ0v) is 12.7. The normalized spacial score (nSPS) is 22.2. The summed E-state index contributed by atoms with van der Waals surface area (Å²) in [7, 11) is 0. The monoisotopic (exact) mass is 340 g/mol. The molecule has 9 nitrogen and oxygen atoms in total. The molecule has 0 saturated carbocycles. The van der Waals surface area contributed by atoms with E-state index in [-0.39, 0.29) is 34.3 Å². The maximum Gasteiger partial charge on any atom is 0.197 e. The summed E-state index contributed by atoms with van der Waals surface area (Å²) in [6, 6.07) is -0.260. The first-order valence-electron chi connectivity index (χ1n) is 8.00. The number of nitrogens with zero attached hydrogens (tertiary/aromatic N) is 2. The van der Waals surface area contributed by atoms with Gasteiger partial charge in [0.1, 0.15) is 0 Å². The molecule has 1 aromatic rings. The molecule has 0 saturated heterocycles. The van der Waals surface area contributed by atoms with Crippen molar-refractivity contribution in [1.29, 1.82) is 5.41 Å². The summed E-state index contributed by atoms with van der Waals surface area (Å²) in [6.07, 6.45) is 9.04. The smallest absolute Gasteiger partial charge is 0.197 e. The molecule has 25 heavy (non-hydrogen) atoms. The number of nitrogens with one attached hydrogen (secondary N) is 3. The summed E-state index contributed by atoms with van der Waals surface area (Å²) in [5.41, 5.74) is 7.33. The number of amidine groups is 2. The maximum atomic E-state index is 10.4.